The topological polar surface area (TPSA) is 65.0 Å². The van der Waals surface area contributed by atoms with Gasteiger partial charge in [0.15, 0.2) is 17.6 Å². The zero-order chi connectivity index (χ0) is 13.7. The van der Waals surface area contributed by atoms with Gasteiger partial charge in [0.25, 0.3) is 0 Å². The first kappa shape index (κ1) is 14.3. The minimum Gasteiger partial charge on any atom is -0.493 e. The molecule has 1 rings (SSSR count). The molecule has 100 valence electrons. The van der Waals surface area contributed by atoms with Gasteiger partial charge in [-0.05, 0) is 31.5 Å². The zero-order valence-electron chi connectivity index (χ0n) is 11.0. The molecule has 18 heavy (non-hydrogen) atoms. The Kier molecular flexibility index (Phi) is 4.97. The fraction of sp³-hybridized carbons (Fsp3) is 0.462. The van der Waals surface area contributed by atoms with Crippen LogP contribution in [-0.2, 0) is 9.53 Å². The lowest BCUT2D eigenvalue weighted by atomic mass is 10.0. The van der Waals surface area contributed by atoms with Gasteiger partial charge in [-0.2, -0.15) is 0 Å². The normalized spacial score (nSPS) is 11.8. The average Bonchev–Trinajstić information content (AvgIpc) is 2.36. The standard InChI is InChI=1S/C13H18O5/c1-5-18-13(15)11(14)9-6-8(2)7-10(16-3)12(9)17-4/h6-7,11,14H,5H2,1-4H3. The number of aliphatic hydroxyl groups excluding tert-OH is 1. The fourth-order valence-corrected chi connectivity index (χ4v) is 1.69. The second kappa shape index (κ2) is 6.26. The Bertz CT molecular complexity index is 428. The van der Waals surface area contributed by atoms with Crippen LogP contribution in [0.3, 0.4) is 0 Å². The third-order valence-corrected chi connectivity index (χ3v) is 2.46. The SMILES string of the molecule is CCOC(=O)C(O)c1cc(C)cc(OC)c1OC. The first-order valence-corrected chi connectivity index (χ1v) is 5.62. The molecular weight excluding hydrogens is 236 g/mol. The summed E-state index contributed by atoms with van der Waals surface area (Å²) in [6, 6.07) is 3.43. The van der Waals surface area contributed by atoms with Gasteiger partial charge in [-0.1, -0.05) is 0 Å². The Hall–Kier alpha value is -1.75. The van der Waals surface area contributed by atoms with Gasteiger partial charge in [0, 0.05) is 5.56 Å². The lowest BCUT2D eigenvalue weighted by molar-refractivity contribution is -0.153. The van der Waals surface area contributed by atoms with Gasteiger partial charge in [-0.3, -0.25) is 0 Å². The molecular formula is C13H18O5. The second-order valence-corrected chi connectivity index (χ2v) is 3.74. The van der Waals surface area contributed by atoms with Crippen molar-refractivity contribution in [1.29, 1.82) is 0 Å². The van der Waals surface area contributed by atoms with E-state index in [9.17, 15) is 9.90 Å². The molecule has 0 aromatic heterocycles. The molecule has 0 saturated heterocycles. The third kappa shape index (κ3) is 2.92. The van der Waals surface area contributed by atoms with E-state index in [2.05, 4.69) is 0 Å². The van der Waals surface area contributed by atoms with Crippen molar-refractivity contribution < 1.29 is 24.1 Å². The van der Waals surface area contributed by atoms with E-state index in [1.54, 1.807) is 19.1 Å². The molecule has 1 unspecified atom stereocenters. The van der Waals surface area contributed by atoms with E-state index in [-0.39, 0.29) is 6.61 Å². The fourth-order valence-electron chi connectivity index (χ4n) is 1.69. The minimum atomic E-state index is -1.38. The van der Waals surface area contributed by atoms with Gasteiger partial charge in [0.2, 0.25) is 0 Å². The van der Waals surface area contributed by atoms with Crippen LogP contribution in [0.4, 0.5) is 0 Å². The summed E-state index contributed by atoms with van der Waals surface area (Å²) in [4.78, 5) is 11.6. The summed E-state index contributed by atoms with van der Waals surface area (Å²) in [5.41, 5.74) is 1.19. The second-order valence-electron chi connectivity index (χ2n) is 3.74. The third-order valence-electron chi connectivity index (χ3n) is 2.46. The monoisotopic (exact) mass is 254 g/mol. The highest BCUT2D eigenvalue weighted by Gasteiger charge is 2.25. The Morgan fingerprint density at radius 3 is 2.50 bits per heavy atom. The quantitative estimate of drug-likeness (QED) is 0.809. The molecule has 1 atom stereocenters. The van der Waals surface area contributed by atoms with Gasteiger partial charge in [0.05, 0.1) is 20.8 Å². The summed E-state index contributed by atoms with van der Waals surface area (Å²) >= 11 is 0. The van der Waals surface area contributed by atoms with E-state index < -0.39 is 12.1 Å². The number of benzene rings is 1. The highest BCUT2D eigenvalue weighted by molar-refractivity contribution is 5.78. The molecule has 1 N–H and O–H groups in total. The smallest absolute Gasteiger partial charge is 0.339 e. The summed E-state index contributed by atoms with van der Waals surface area (Å²) in [7, 11) is 2.95. The van der Waals surface area contributed by atoms with E-state index in [4.69, 9.17) is 14.2 Å². The maximum atomic E-state index is 11.6. The van der Waals surface area contributed by atoms with Crippen LogP contribution in [0.15, 0.2) is 12.1 Å². The molecule has 5 nitrogen and oxygen atoms in total. The van der Waals surface area contributed by atoms with Crippen molar-refractivity contribution in [1.82, 2.24) is 0 Å². The van der Waals surface area contributed by atoms with Gasteiger partial charge in [-0.15, -0.1) is 0 Å². The van der Waals surface area contributed by atoms with Gasteiger partial charge >= 0.3 is 5.97 Å². The summed E-state index contributed by atoms with van der Waals surface area (Å²) in [6.45, 7) is 3.73. The number of ether oxygens (including phenoxy) is 3. The van der Waals surface area contributed by atoms with E-state index in [1.807, 2.05) is 6.92 Å². The molecule has 0 aliphatic heterocycles. The Labute approximate surface area is 106 Å². The van der Waals surface area contributed by atoms with Crippen LogP contribution in [0.5, 0.6) is 11.5 Å². The maximum absolute atomic E-state index is 11.6. The highest BCUT2D eigenvalue weighted by Crippen LogP contribution is 2.36. The van der Waals surface area contributed by atoms with Gasteiger partial charge in [-0.25, -0.2) is 4.79 Å². The number of rotatable bonds is 5. The minimum absolute atomic E-state index is 0.209. The van der Waals surface area contributed by atoms with Crippen molar-refractivity contribution in [3.63, 3.8) is 0 Å². The number of methoxy groups -OCH3 is 2. The number of aliphatic hydroxyl groups is 1. The zero-order valence-corrected chi connectivity index (χ0v) is 11.0. The van der Waals surface area contributed by atoms with Crippen LogP contribution in [0.1, 0.15) is 24.2 Å². The van der Waals surface area contributed by atoms with Gasteiger partial charge < -0.3 is 19.3 Å². The summed E-state index contributed by atoms with van der Waals surface area (Å²) in [5.74, 6) is 0.1000. The molecule has 0 aliphatic rings. The Morgan fingerprint density at radius 2 is 2.00 bits per heavy atom. The molecule has 1 aromatic rings. The van der Waals surface area contributed by atoms with Crippen LogP contribution in [0.25, 0.3) is 0 Å². The first-order chi connectivity index (χ1) is 8.54. The van der Waals surface area contributed by atoms with Crippen molar-refractivity contribution >= 4 is 5.97 Å². The van der Waals surface area contributed by atoms with Crippen LogP contribution in [0.2, 0.25) is 0 Å². The van der Waals surface area contributed by atoms with E-state index in [1.165, 1.54) is 14.2 Å². The van der Waals surface area contributed by atoms with Crippen LogP contribution >= 0.6 is 0 Å². The van der Waals surface area contributed by atoms with Crippen LogP contribution in [-0.4, -0.2) is 31.9 Å². The number of carbonyl (C=O) groups excluding carboxylic acids is 1. The summed E-state index contributed by atoms with van der Waals surface area (Å²) < 4.78 is 15.1. The molecule has 5 heteroatoms. The number of hydrogen-bond donors (Lipinski definition) is 1. The molecule has 1 aromatic carbocycles. The number of carbonyl (C=O) groups is 1. The van der Waals surface area contributed by atoms with Crippen molar-refractivity contribution in [3.8, 4) is 11.5 Å². The van der Waals surface area contributed by atoms with Crippen LogP contribution in [0, 0.1) is 6.92 Å². The van der Waals surface area contributed by atoms with Crippen molar-refractivity contribution in [2.75, 3.05) is 20.8 Å². The lowest BCUT2D eigenvalue weighted by Gasteiger charge is -2.17. The molecule has 0 saturated carbocycles. The molecule has 0 aliphatic carbocycles. The van der Waals surface area contributed by atoms with E-state index in [0.29, 0.717) is 17.1 Å². The largest absolute Gasteiger partial charge is 0.493 e. The highest BCUT2D eigenvalue weighted by atomic mass is 16.5. The van der Waals surface area contributed by atoms with Crippen molar-refractivity contribution in [2.45, 2.75) is 20.0 Å². The summed E-state index contributed by atoms with van der Waals surface area (Å²) in [5, 5.41) is 9.97. The number of hydrogen-bond acceptors (Lipinski definition) is 5. The van der Waals surface area contributed by atoms with E-state index in [0.717, 1.165) is 5.56 Å². The predicted octanol–water partition coefficient (Wildman–Crippen LogP) is 1.61. The van der Waals surface area contributed by atoms with Crippen molar-refractivity contribution in [2.24, 2.45) is 0 Å². The van der Waals surface area contributed by atoms with Gasteiger partial charge in [0.1, 0.15) is 0 Å². The lowest BCUT2D eigenvalue weighted by Crippen LogP contribution is -2.16. The van der Waals surface area contributed by atoms with Crippen molar-refractivity contribution in [3.05, 3.63) is 23.3 Å². The first-order valence-electron chi connectivity index (χ1n) is 5.62. The maximum Gasteiger partial charge on any atom is 0.339 e. The molecule has 0 amide bonds. The van der Waals surface area contributed by atoms with Crippen LogP contribution < -0.4 is 9.47 Å². The molecule has 0 bridgehead atoms. The molecule has 0 fully saturated rings. The molecule has 0 spiro atoms. The molecule has 0 radical (unpaired) electrons. The summed E-state index contributed by atoms with van der Waals surface area (Å²) in [6.07, 6.45) is -1.38. The average molecular weight is 254 g/mol. The number of aryl methyl sites for hydroxylation is 1. The molecule has 0 heterocycles. The Morgan fingerprint density at radius 1 is 1.33 bits per heavy atom. The number of esters is 1. The Balaban J connectivity index is 3.21. The predicted molar refractivity (Wildman–Crippen MR) is 65.9 cm³/mol. The van der Waals surface area contributed by atoms with E-state index >= 15 is 0 Å².